The normalized spacial score (nSPS) is 20.2. The number of allylic oxidation sites excluding steroid dienone is 2. The Bertz CT molecular complexity index is 661. The molecule has 0 saturated heterocycles. The Morgan fingerprint density at radius 1 is 1.53 bits per heavy atom. The van der Waals surface area contributed by atoms with Crippen LogP contribution in [-0.2, 0) is 0 Å². The number of hydrogen-bond donors (Lipinski definition) is 1. The molecule has 0 saturated carbocycles. The smallest absolute Gasteiger partial charge is 0.215 e. The fraction of sp³-hybridized carbons (Fsp3) is 0.250. The number of ether oxygens (including phenoxy) is 1. The second kappa shape index (κ2) is 4.02. The van der Waals surface area contributed by atoms with Gasteiger partial charge in [0.2, 0.25) is 5.88 Å². The van der Waals surface area contributed by atoms with E-state index in [0.717, 1.165) is 5.70 Å². The highest BCUT2D eigenvalue weighted by molar-refractivity contribution is 6.22. The van der Waals surface area contributed by atoms with Crippen LogP contribution in [0.15, 0.2) is 28.5 Å². The second-order valence-electron chi connectivity index (χ2n) is 4.20. The minimum absolute atomic E-state index is 0.331. The molecule has 7 heteroatoms. The maximum atomic E-state index is 9.21. The quantitative estimate of drug-likeness (QED) is 0.747. The number of methoxy groups -OCH3 is 1. The topological polar surface area (TPSA) is 73.5 Å². The molecule has 1 N–H and O–H groups in total. The van der Waals surface area contributed by atoms with Crippen molar-refractivity contribution in [3.05, 3.63) is 23.5 Å². The first-order valence-electron chi connectivity index (χ1n) is 5.72. The van der Waals surface area contributed by atoms with Gasteiger partial charge in [0.25, 0.3) is 0 Å². The molecular formula is C12H10BN5O. The number of nitrogens with zero attached hydrogens (tertiary/aromatic N) is 4. The van der Waals surface area contributed by atoms with Gasteiger partial charge >= 0.3 is 0 Å². The lowest BCUT2D eigenvalue weighted by molar-refractivity contribution is 0.398. The molecule has 19 heavy (non-hydrogen) atoms. The Balaban J connectivity index is 2.25. The third kappa shape index (κ3) is 1.57. The number of fused-ring (bicyclic) bond motifs is 3. The van der Waals surface area contributed by atoms with Gasteiger partial charge in [-0.25, -0.2) is 4.99 Å². The van der Waals surface area contributed by atoms with E-state index in [9.17, 15) is 5.26 Å². The Morgan fingerprint density at radius 3 is 3.00 bits per heavy atom. The molecule has 1 unspecified atom stereocenters. The molecule has 2 aliphatic rings. The van der Waals surface area contributed by atoms with Crippen molar-refractivity contribution in [2.24, 2.45) is 4.99 Å². The zero-order chi connectivity index (χ0) is 13.6. The van der Waals surface area contributed by atoms with Crippen LogP contribution in [0.3, 0.4) is 0 Å². The van der Waals surface area contributed by atoms with E-state index < -0.39 is 6.07 Å². The highest BCUT2D eigenvalue weighted by Gasteiger charge is 2.36. The standard InChI is InChI=1S/C12H10BN5O/c1-6-10-8(5-14)16-7-3-4-9(19-2)17-11(7)18(10)12(13)15-6/h3-4,12,15H,1-2H3. The van der Waals surface area contributed by atoms with Crippen molar-refractivity contribution in [2.45, 2.75) is 13.0 Å². The zero-order valence-corrected chi connectivity index (χ0v) is 10.5. The SMILES string of the molecule is [B]C1NC(C)=C2C(C#N)=Nc3ccc(OC)nc3N21. The van der Waals surface area contributed by atoms with Crippen LogP contribution in [0.5, 0.6) is 5.88 Å². The Hall–Kier alpha value is -2.49. The fourth-order valence-corrected chi connectivity index (χ4v) is 2.26. The van der Waals surface area contributed by atoms with E-state index in [2.05, 4.69) is 21.4 Å². The first kappa shape index (κ1) is 11.6. The van der Waals surface area contributed by atoms with E-state index in [1.165, 1.54) is 0 Å². The van der Waals surface area contributed by atoms with E-state index in [0.29, 0.717) is 28.8 Å². The molecule has 0 aromatic carbocycles. The number of aliphatic imine (C=N–C) groups is 1. The van der Waals surface area contributed by atoms with Crippen LogP contribution in [0.25, 0.3) is 0 Å². The average molecular weight is 251 g/mol. The van der Waals surface area contributed by atoms with Gasteiger partial charge in [0.1, 0.15) is 19.6 Å². The molecular weight excluding hydrogens is 241 g/mol. The van der Waals surface area contributed by atoms with Crippen LogP contribution >= 0.6 is 0 Å². The first-order valence-corrected chi connectivity index (χ1v) is 5.72. The summed E-state index contributed by atoms with van der Waals surface area (Å²) in [4.78, 5) is 10.4. The maximum absolute atomic E-state index is 9.21. The monoisotopic (exact) mass is 251 g/mol. The summed E-state index contributed by atoms with van der Waals surface area (Å²) >= 11 is 0. The van der Waals surface area contributed by atoms with Gasteiger partial charge < -0.3 is 15.0 Å². The Labute approximate surface area is 111 Å². The molecule has 0 amide bonds. The molecule has 0 spiro atoms. The van der Waals surface area contributed by atoms with Crippen molar-refractivity contribution in [3.8, 4) is 11.9 Å². The van der Waals surface area contributed by atoms with Gasteiger partial charge in [0, 0.05) is 11.8 Å². The molecule has 2 aliphatic heterocycles. The minimum Gasteiger partial charge on any atom is -0.481 e. The molecule has 1 atom stereocenters. The summed E-state index contributed by atoms with van der Waals surface area (Å²) in [5.74, 6) is 1.07. The second-order valence-corrected chi connectivity index (χ2v) is 4.20. The largest absolute Gasteiger partial charge is 0.481 e. The molecule has 1 aromatic heterocycles. The van der Waals surface area contributed by atoms with E-state index >= 15 is 0 Å². The summed E-state index contributed by atoms with van der Waals surface area (Å²) in [5.41, 5.74) is 2.41. The lowest BCUT2D eigenvalue weighted by Crippen LogP contribution is -2.40. The molecule has 3 heterocycles. The predicted octanol–water partition coefficient (Wildman–Crippen LogP) is 0.793. The number of rotatable bonds is 1. The van der Waals surface area contributed by atoms with E-state index in [-0.39, 0.29) is 0 Å². The molecule has 0 bridgehead atoms. The van der Waals surface area contributed by atoms with Crippen LogP contribution in [0.2, 0.25) is 0 Å². The molecule has 1 aromatic rings. The fourth-order valence-electron chi connectivity index (χ4n) is 2.26. The molecule has 0 aliphatic carbocycles. The first-order chi connectivity index (χ1) is 9.15. The van der Waals surface area contributed by atoms with Crippen LogP contribution in [0.1, 0.15) is 6.92 Å². The Kier molecular flexibility index (Phi) is 2.45. The number of hydrogen-bond acceptors (Lipinski definition) is 6. The van der Waals surface area contributed by atoms with Crippen molar-refractivity contribution in [1.29, 1.82) is 5.26 Å². The number of nitriles is 1. The van der Waals surface area contributed by atoms with Gasteiger partial charge in [0.05, 0.1) is 18.9 Å². The van der Waals surface area contributed by atoms with E-state index in [1.54, 1.807) is 24.1 Å². The summed E-state index contributed by atoms with van der Waals surface area (Å²) in [6.07, 6.45) is 0. The highest BCUT2D eigenvalue weighted by atomic mass is 16.5. The zero-order valence-electron chi connectivity index (χ0n) is 10.5. The van der Waals surface area contributed by atoms with Gasteiger partial charge in [-0.15, -0.1) is 0 Å². The van der Waals surface area contributed by atoms with Crippen molar-refractivity contribution in [1.82, 2.24) is 10.3 Å². The summed E-state index contributed by atoms with van der Waals surface area (Å²) in [6.45, 7) is 1.85. The third-order valence-electron chi connectivity index (χ3n) is 3.07. The summed E-state index contributed by atoms with van der Waals surface area (Å²) in [5, 5.41) is 12.3. The van der Waals surface area contributed by atoms with Gasteiger partial charge in [0.15, 0.2) is 11.5 Å². The third-order valence-corrected chi connectivity index (χ3v) is 3.07. The highest BCUT2D eigenvalue weighted by Crippen LogP contribution is 2.39. The van der Waals surface area contributed by atoms with Gasteiger partial charge in [-0.3, -0.25) is 0 Å². The van der Waals surface area contributed by atoms with Gasteiger partial charge in [-0.05, 0) is 13.0 Å². The van der Waals surface area contributed by atoms with Crippen LogP contribution in [0, 0.1) is 11.3 Å². The van der Waals surface area contributed by atoms with Gasteiger partial charge in [-0.2, -0.15) is 10.2 Å². The molecule has 3 rings (SSSR count). The molecule has 92 valence electrons. The van der Waals surface area contributed by atoms with E-state index in [1.807, 2.05) is 6.92 Å². The minimum atomic E-state index is -0.466. The number of pyridine rings is 1. The van der Waals surface area contributed by atoms with Crippen LogP contribution < -0.4 is 15.0 Å². The lowest BCUT2D eigenvalue weighted by Gasteiger charge is -2.29. The number of anilines is 1. The summed E-state index contributed by atoms with van der Waals surface area (Å²) < 4.78 is 5.12. The van der Waals surface area contributed by atoms with E-state index in [4.69, 9.17) is 12.6 Å². The summed E-state index contributed by atoms with van der Waals surface area (Å²) in [7, 11) is 7.58. The molecule has 2 radical (unpaired) electrons. The van der Waals surface area contributed by atoms with Crippen molar-refractivity contribution < 1.29 is 4.74 Å². The number of aromatic nitrogens is 1. The van der Waals surface area contributed by atoms with Crippen molar-refractivity contribution in [2.75, 3.05) is 12.0 Å². The number of nitrogens with one attached hydrogen (secondary N) is 1. The van der Waals surface area contributed by atoms with Crippen molar-refractivity contribution >= 4 is 25.1 Å². The van der Waals surface area contributed by atoms with Crippen LogP contribution in [-0.4, -0.2) is 31.7 Å². The summed E-state index contributed by atoms with van der Waals surface area (Å²) in [6, 6.07) is 5.09. The lowest BCUT2D eigenvalue weighted by atomic mass is 10.0. The molecule has 6 nitrogen and oxygen atoms in total. The van der Waals surface area contributed by atoms with Gasteiger partial charge in [-0.1, -0.05) is 0 Å². The Morgan fingerprint density at radius 2 is 2.32 bits per heavy atom. The predicted molar refractivity (Wildman–Crippen MR) is 71.4 cm³/mol. The maximum Gasteiger partial charge on any atom is 0.215 e. The average Bonchev–Trinajstić information content (AvgIpc) is 2.73. The molecule has 0 fully saturated rings. The van der Waals surface area contributed by atoms with Crippen molar-refractivity contribution in [3.63, 3.8) is 0 Å². The van der Waals surface area contributed by atoms with Crippen LogP contribution in [0.4, 0.5) is 11.5 Å².